The Kier molecular flexibility index (Phi) is 5.00. The van der Waals surface area contributed by atoms with Gasteiger partial charge in [0.05, 0.1) is 10.6 Å². The van der Waals surface area contributed by atoms with Crippen LogP contribution in [0.5, 0.6) is 11.5 Å². The van der Waals surface area contributed by atoms with Gasteiger partial charge in [0.15, 0.2) is 5.75 Å². The highest BCUT2D eigenvalue weighted by Gasteiger charge is 2.13. The number of primary sulfonamides is 1. The lowest BCUT2D eigenvalue weighted by atomic mass is 10.3. The van der Waals surface area contributed by atoms with E-state index in [1.165, 1.54) is 24.1 Å². The number of nitrogens with two attached hydrogens (primary N) is 1. The molecule has 0 fully saturated rings. The van der Waals surface area contributed by atoms with Crippen LogP contribution in [-0.4, -0.2) is 14.7 Å². The summed E-state index contributed by atoms with van der Waals surface area (Å²) in [4.78, 5) is -0.0156. The summed E-state index contributed by atoms with van der Waals surface area (Å²) in [6, 6.07) is 11.1. The standard InChI is InChI=1S/C13H13ClN2O3S2/c1-20-16-12-7-6-11(21(15,17)18)8-13(12)19-10-4-2-9(14)3-5-10/h2-8,16H,1H3,(H2,15,17,18). The minimum absolute atomic E-state index is 0.0156. The number of rotatable bonds is 5. The first-order chi connectivity index (χ1) is 9.90. The second kappa shape index (κ2) is 6.57. The topological polar surface area (TPSA) is 81.4 Å². The normalized spacial score (nSPS) is 11.2. The number of halogens is 1. The summed E-state index contributed by atoms with van der Waals surface area (Å²) >= 11 is 7.18. The van der Waals surface area contributed by atoms with E-state index in [2.05, 4.69) is 4.72 Å². The Balaban J connectivity index is 2.40. The number of sulfonamides is 1. The predicted molar refractivity (Wildman–Crippen MR) is 86.5 cm³/mol. The molecule has 2 rings (SSSR count). The Bertz CT molecular complexity index is 734. The predicted octanol–water partition coefficient (Wildman–Crippen LogP) is 3.47. The Morgan fingerprint density at radius 1 is 1.19 bits per heavy atom. The number of benzene rings is 2. The van der Waals surface area contributed by atoms with E-state index >= 15 is 0 Å². The van der Waals surface area contributed by atoms with E-state index < -0.39 is 10.0 Å². The van der Waals surface area contributed by atoms with E-state index in [-0.39, 0.29) is 4.90 Å². The average Bonchev–Trinajstić information content (AvgIpc) is 2.42. The number of anilines is 1. The lowest BCUT2D eigenvalue weighted by molar-refractivity contribution is 0.483. The maximum absolute atomic E-state index is 11.4. The Morgan fingerprint density at radius 2 is 1.86 bits per heavy atom. The van der Waals surface area contributed by atoms with Crippen molar-refractivity contribution in [3.63, 3.8) is 0 Å². The molecule has 0 saturated carbocycles. The van der Waals surface area contributed by atoms with Crippen molar-refractivity contribution >= 4 is 39.3 Å². The molecule has 0 bridgehead atoms. The van der Waals surface area contributed by atoms with Crippen molar-refractivity contribution in [2.75, 3.05) is 11.0 Å². The van der Waals surface area contributed by atoms with Crippen molar-refractivity contribution < 1.29 is 13.2 Å². The van der Waals surface area contributed by atoms with Gasteiger partial charge in [-0.25, -0.2) is 13.6 Å². The smallest absolute Gasteiger partial charge is 0.238 e. The molecule has 2 aromatic carbocycles. The van der Waals surface area contributed by atoms with Crippen LogP contribution in [0.15, 0.2) is 47.4 Å². The van der Waals surface area contributed by atoms with Crippen LogP contribution in [0.1, 0.15) is 0 Å². The van der Waals surface area contributed by atoms with Crippen molar-refractivity contribution in [3.05, 3.63) is 47.5 Å². The van der Waals surface area contributed by atoms with E-state index in [0.717, 1.165) is 0 Å². The largest absolute Gasteiger partial charge is 0.455 e. The summed E-state index contributed by atoms with van der Waals surface area (Å²) in [6.45, 7) is 0. The monoisotopic (exact) mass is 344 g/mol. The van der Waals surface area contributed by atoms with Gasteiger partial charge in [0.2, 0.25) is 10.0 Å². The summed E-state index contributed by atoms with van der Waals surface area (Å²) in [5, 5.41) is 5.72. The number of hydrogen-bond acceptors (Lipinski definition) is 5. The summed E-state index contributed by atoms with van der Waals surface area (Å²) in [7, 11) is -3.79. The van der Waals surface area contributed by atoms with Crippen LogP contribution in [0.25, 0.3) is 0 Å². The molecule has 0 aromatic heterocycles. The van der Waals surface area contributed by atoms with Crippen LogP contribution < -0.4 is 14.6 Å². The van der Waals surface area contributed by atoms with Crippen LogP contribution in [0.3, 0.4) is 0 Å². The molecule has 0 heterocycles. The molecule has 0 amide bonds. The van der Waals surface area contributed by atoms with E-state index in [4.69, 9.17) is 21.5 Å². The van der Waals surface area contributed by atoms with Crippen LogP contribution in [0, 0.1) is 0 Å². The van der Waals surface area contributed by atoms with Gasteiger partial charge in [-0.15, -0.1) is 0 Å². The molecule has 0 aliphatic heterocycles. The molecule has 8 heteroatoms. The van der Waals surface area contributed by atoms with E-state index in [0.29, 0.717) is 22.2 Å². The Labute approximate surface area is 132 Å². The number of ether oxygens (including phenoxy) is 1. The summed E-state index contributed by atoms with van der Waals surface area (Å²) in [5.74, 6) is 0.897. The molecular weight excluding hydrogens is 332 g/mol. The molecule has 112 valence electrons. The molecule has 2 aromatic rings. The van der Waals surface area contributed by atoms with Gasteiger partial charge in [-0.05, 0) is 36.4 Å². The quantitative estimate of drug-likeness (QED) is 0.812. The minimum Gasteiger partial charge on any atom is -0.455 e. The number of nitrogens with one attached hydrogen (secondary N) is 1. The van der Waals surface area contributed by atoms with Gasteiger partial charge in [0, 0.05) is 17.3 Å². The van der Waals surface area contributed by atoms with Gasteiger partial charge in [-0.2, -0.15) is 0 Å². The van der Waals surface area contributed by atoms with Crippen LogP contribution in [-0.2, 0) is 10.0 Å². The fourth-order valence-electron chi connectivity index (χ4n) is 1.59. The molecule has 5 nitrogen and oxygen atoms in total. The zero-order chi connectivity index (χ0) is 15.5. The molecule has 0 atom stereocenters. The molecule has 0 saturated heterocycles. The van der Waals surface area contributed by atoms with Gasteiger partial charge in [-0.3, -0.25) is 0 Å². The molecule has 0 aliphatic rings. The van der Waals surface area contributed by atoms with Crippen molar-refractivity contribution in [3.8, 4) is 11.5 Å². The lowest BCUT2D eigenvalue weighted by Crippen LogP contribution is -2.12. The van der Waals surface area contributed by atoms with Crippen LogP contribution >= 0.6 is 23.5 Å². The van der Waals surface area contributed by atoms with E-state index in [9.17, 15) is 8.42 Å². The number of hydrogen-bond donors (Lipinski definition) is 2. The Morgan fingerprint density at radius 3 is 2.43 bits per heavy atom. The molecule has 3 N–H and O–H groups in total. The summed E-state index contributed by atoms with van der Waals surface area (Å²) < 4.78 is 31.6. The van der Waals surface area contributed by atoms with Crippen molar-refractivity contribution in [2.45, 2.75) is 4.90 Å². The summed E-state index contributed by atoms with van der Waals surface area (Å²) in [5.41, 5.74) is 0.643. The van der Waals surface area contributed by atoms with Gasteiger partial charge < -0.3 is 9.46 Å². The molecular formula is C13H13ClN2O3S2. The molecule has 0 aliphatic carbocycles. The maximum Gasteiger partial charge on any atom is 0.238 e. The third-order valence-corrected chi connectivity index (χ3v) is 4.12. The fraction of sp³-hybridized carbons (Fsp3) is 0.0769. The highest BCUT2D eigenvalue weighted by Crippen LogP contribution is 2.33. The van der Waals surface area contributed by atoms with Crippen molar-refractivity contribution in [2.24, 2.45) is 5.14 Å². The molecule has 0 spiro atoms. The van der Waals surface area contributed by atoms with Crippen molar-refractivity contribution in [1.82, 2.24) is 0 Å². The van der Waals surface area contributed by atoms with Crippen LogP contribution in [0.2, 0.25) is 5.02 Å². The van der Waals surface area contributed by atoms with Crippen molar-refractivity contribution in [1.29, 1.82) is 0 Å². The summed E-state index contributed by atoms with van der Waals surface area (Å²) in [6.07, 6.45) is 1.85. The third-order valence-electron chi connectivity index (χ3n) is 2.54. The maximum atomic E-state index is 11.4. The van der Waals surface area contributed by atoms with Gasteiger partial charge in [-0.1, -0.05) is 23.5 Å². The van der Waals surface area contributed by atoms with Gasteiger partial charge in [0.25, 0.3) is 0 Å². The average molecular weight is 345 g/mol. The minimum atomic E-state index is -3.79. The van der Waals surface area contributed by atoms with E-state index in [1.54, 1.807) is 30.3 Å². The second-order valence-electron chi connectivity index (χ2n) is 4.07. The SMILES string of the molecule is CSNc1ccc(S(N)(=O)=O)cc1Oc1ccc(Cl)cc1. The Hall–Kier alpha value is -1.41. The molecule has 0 unspecified atom stereocenters. The van der Waals surface area contributed by atoms with Crippen LogP contribution in [0.4, 0.5) is 5.69 Å². The fourth-order valence-corrected chi connectivity index (χ4v) is 2.63. The first kappa shape index (κ1) is 16.0. The molecule has 21 heavy (non-hydrogen) atoms. The first-order valence-electron chi connectivity index (χ1n) is 5.79. The first-order valence-corrected chi connectivity index (χ1v) is 8.94. The lowest BCUT2D eigenvalue weighted by Gasteiger charge is -2.13. The van der Waals surface area contributed by atoms with E-state index in [1.807, 2.05) is 6.26 Å². The van der Waals surface area contributed by atoms with Gasteiger partial charge in [0.1, 0.15) is 5.75 Å². The highest BCUT2D eigenvalue weighted by atomic mass is 35.5. The third kappa shape index (κ3) is 4.28. The molecule has 0 radical (unpaired) electrons. The second-order valence-corrected chi connectivity index (χ2v) is 6.68. The zero-order valence-electron chi connectivity index (χ0n) is 11.0. The zero-order valence-corrected chi connectivity index (χ0v) is 13.4. The highest BCUT2D eigenvalue weighted by molar-refractivity contribution is 7.99. The van der Waals surface area contributed by atoms with Gasteiger partial charge >= 0.3 is 0 Å².